The lowest BCUT2D eigenvalue weighted by atomic mass is 10.2. The number of anilines is 2. The average molecular weight is 333 g/mol. The van der Waals surface area contributed by atoms with Crippen LogP contribution in [0.1, 0.15) is 29.3 Å². The molecule has 122 valence electrons. The van der Waals surface area contributed by atoms with Gasteiger partial charge in [0.2, 0.25) is 0 Å². The second kappa shape index (κ2) is 7.70. The lowest BCUT2D eigenvalue weighted by Crippen LogP contribution is -2.34. The van der Waals surface area contributed by atoms with E-state index in [0.717, 1.165) is 0 Å². The highest BCUT2D eigenvalue weighted by Crippen LogP contribution is 2.15. The first-order valence-corrected chi connectivity index (χ1v) is 7.99. The van der Waals surface area contributed by atoms with Crippen LogP contribution < -0.4 is 21.7 Å². The van der Waals surface area contributed by atoms with Crippen LogP contribution >= 0.6 is 11.3 Å². The third-order valence-corrected chi connectivity index (χ3v) is 3.65. The topological polar surface area (TPSA) is 109 Å². The monoisotopic (exact) mass is 333 g/mol. The van der Waals surface area contributed by atoms with Crippen molar-refractivity contribution in [3.05, 3.63) is 40.3 Å². The number of carbonyl (C=O) groups is 2. The van der Waals surface area contributed by atoms with Gasteiger partial charge in [0.25, 0.3) is 5.91 Å². The minimum absolute atomic E-state index is 0.0603. The van der Waals surface area contributed by atoms with E-state index in [1.54, 1.807) is 29.6 Å². The number of nitrogens with zero attached hydrogens (tertiary/aromatic N) is 1. The van der Waals surface area contributed by atoms with Crippen LogP contribution in [0, 0.1) is 0 Å². The normalized spacial score (nSPS) is 10.4. The van der Waals surface area contributed by atoms with Gasteiger partial charge in [0.1, 0.15) is 10.7 Å². The molecule has 8 heteroatoms. The van der Waals surface area contributed by atoms with Crippen LogP contribution in [-0.2, 0) is 6.54 Å². The molecule has 0 aliphatic rings. The van der Waals surface area contributed by atoms with Crippen molar-refractivity contribution in [2.24, 2.45) is 5.73 Å². The Morgan fingerprint density at radius 2 is 1.78 bits per heavy atom. The van der Waals surface area contributed by atoms with Gasteiger partial charge < -0.3 is 21.7 Å². The number of nitrogens with one attached hydrogen (secondary N) is 3. The molecule has 0 saturated heterocycles. The number of thiazole rings is 1. The molecule has 0 spiro atoms. The van der Waals surface area contributed by atoms with E-state index in [4.69, 9.17) is 5.73 Å². The van der Waals surface area contributed by atoms with Crippen LogP contribution in [0.4, 0.5) is 16.2 Å². The van der Waals surface area contributed by atoms with Gasteiger partial charge in [0.15, 0.2) is 0 Å². The number of hydrogen-bond donors (Lipinski definition) is 4. The van der Waals surface area contributed by atoms with Gasteiger partial charge in [0.05, 0.1) is 0 Å². The van der Waals surface area contributed by atoms with E-state index >= 15 is 0 Å². The standard InChI is InChI=1S/C15H19N5O2S/c1-9(2)17-15(22)19-11-5-3-10(4-6-11)18-14(21)12-8-23-13(7-16)20-12/h3-6,8-9H,7,16H2,1-2H3,(H,18,21)(H2,17,19,22). The lowest BCUT2D eigenvalue weighted by molar-refractivity contribution is 0.102. The van der Waals surface area contributed by atoms with Crippen LogP contribution in [0.2, 0.25) is 0 Å². The number of carbonyl (C=O) groups excluding carboxylic acids is 2. The molecule has 0 atom stereocenters. The molecular formula is C15H19N5O2S. The van der Waals surface area contributed by atoms with E-state index in [0.29, 0.717) is 28.6 Å². The Bertz CT molecular complexity index is 681. The van der Waals surface area contributed by atoms with E-state index < -0.39 is 0 Å². The summed E-state index contributed by atoms with van der Waals surface area (Å²) in [6.07, 6.45) is 0. The first kappa shape index (κ1) is 16.9. The van der Waals surface area contributed by atoms with Crippen LogP contribution in [0.15, 0.2) is 29.6 Å². The molecule has 2 aromatic rings. The van der Waals surface area contributed by atoms with Gasteiger partial charge in [-0.15, -0.1) is 11.3 Å². The average Bonchev–Trinajstić information content (AvgIpc) is 2.97. The summed E-state index contributed by atoms with van der Waals surface area (Å²) in [6, 6.07) is 6.63. The maximum atomic E-state index is 12.0. The third-order valence-electron chi connectivity index (χ3n) is 2.78. The SMILES string of the molecule is CC(C)NC(=O)Nc1ccc(NC(=O)c2csc(CN)n2)cc1. The molecule has 7 nitrogen and oxygen atoms in total. The molecule has 3 amide bonds. The predicted octanol–water partition coefficient (Wildman–Crippen LogP) is 2.38. The van der Waals surface area contributed by atoms with Gasteiger partial charge >= 0.3 is 6.03 Å². The Labute approximate surface area is 138 Å². The summed E-state index contributed by atoms with van der Waals surface area (Å²) in [5.41, 5.74) is 7.08. The fourth-order valence-electron chi connectivity index (χ4n) is 1.77. The number of benzene rings is 1. The van der Waals surface area contributed by atoms with Crippen molar-refractivity contribution in [1.29, 1.82) is 0 Å². The molecule has 0 saturated carbocycles. The molecule has 0 radical (unpaired) electrons. The van der Waals surface area contributed by atoms with E-state index in [1.807, 2.05) is 13.8 Å². The van der Waals surface area contributed by atoms with Crippen molar-refractivity contribution < 1.29 is 9.59 Å². The van der Waals surface area contributed by atoms with E-state index in [9.17, 15) is 9.59 Å². The first-order valence-electron chi connectivity index (χ1n) is 7.11. The van der Waals surface area contributed by atoms with Gasteiger partial charge in [-0.2, -0.15) is 0 Å². The van der Waals surface area contributed by atoms with Crippen LogP contribution in [0.25, 0.3) is 0 Å². The van der Waals surface area contributed by atoms with Crippen LogP contribution in [0.3, 0.4) is 0 Å². The number of hydrogen-bond acceptors (Lipinski definition) is 5. The zero-order valence-corrected chi connectivity index (χ0v) is 13.7. The minimum atomic E-state index is -0.292. The number of urea groups is 1. The Kier molecular flexibility index (Phi) is 5.67. The molecular weight excluding hydrogens is 314 g/mol. The van der Waals surface area contributed by atoms with Gasteiger partial charge in [-0.25, -0.2) is 9.78 Å². The highest BCUT2D eigenvalue weighted by Gasteiger charge is 2.10. The van der Waals surface area contributed by atoms with Crippen LogP contribution in [0.5, 0.6) is 0 Å². The Morgan fingerprint density at radius 3 is 2.30 bits per heavy atom. The zero-order valence-electron chi connectivity index (χ0n) is 12.9. The van der Waals surface area contributed by atoms with Crippen molar-refractivity contribution in [2.75, 3.05) is 10.6 Å². The van der Waals surface area contributed by atoms with Gasteiger partial charge in [0, 0.05) is 29.3 Å². The summed E-state index contributed by atoms with van der Waals surface area (Å²) in [5, 5.41) is 10.6. The highest BCUT2D eigenvalue weighted by atomic mass is 32.1. The molecule has 23 heavy (non-hydrogen) atoms. The summed E-state index contributed by atoms with van der Waals surface area (Å²) < 4.78 is 0. The number of rotatable bonds is 5. The fraction of sp³-hybridized carbons (Fsp3) is 0.267. The molecule has 1 aromatic carbocycles. The van der Waals surface area contributed by atoms with E-state index in [-0.39, 0.29) is 18.0 Å². The van der Waals surface area contributed by atoms with E-state index in [2.05, 4.69) is 20.9 Å². The maximum absolute atomic E-state index is 12.0. The highest BCUT2D eigenvalue weighted by molar-refractivity contribution is 7.09. The molecule has 0 aliphatic heterocycles. The van der Waals surface area contributed by atoms with Crippen molar-refractivity contribution >= 4 is 34.6 Å². The lowest BCUT2D eigenvalue weighted by Gasteiger charge is -2.10. The van der Waals surface area contributed by atoms with E-state index in [1.165, 1.54) is 11.3 Å². The quantitative estimate of drug-likeness (QED) is 0.673. The minimum Gasteiger partial charge on any atom is -0.336 e. The largest absolute Gasteiger partial charge is 0.336 e. The number of nitrogens with two attached hydrogens (primary N) is 1. The summed E-state index contributed by atoms with van der Waals surface area (Å²) >= 11 is 1.35. The van der Waals surface area contributed by atoms with Crippen molar-refractivity contribution in [3.63, 3.8) is 0 Å². The van der Waals surface area contributed by atoms with Crippen molar-refractivity contribution in [1.82, 2.24) is 10.3 Å². The molecule has 0 bridgehead atoms. The summed E-state index contributed by atoms with van der Waals surface area (Å²) in [7, 11) is 0. The van der Waals surface area contributed by atoms with Gasteiger partial charge in [-0.1, -0.05) is 0 Å². The molecule has 5 N–H and O–H groups in total. The summed E-state index contributed by atoms with van der Waals surface area (Å²) in [4.78, 5) is 27.8. The maximum Gasteiger partial charge on any atom is 0.319 e. The Morgan fingerprint density at radius 1 is 1.17 bits per heavy atom. The second-order valence-corrected chi connectivity index (χ2v) is 6.06. The number of aromatic nitrogens is 1. The first-order chi connectivity index (χ1) is 11.0. The number of amides is 3. The Hall–Kier alpha value is -2.45. The Balaban J connectivity index is 1.94. The van der Waals surface area contributed by atoms with Crippen molar-refractivity contribution in [3.8, 4) is 0 Å². The molecule has 2 rings (SSSR count). The predicted molar refractivity (Wildman–Crippen MR) is 91.7 cm³/mol. The zero-order chi connectivity index (χ0) is 16.8. The molecule has 0 unspecified atom stereocenters. The second-order valence-electron chi connectivity index (χ2n) is 5.12. The molecule has 0 aliphatic carbocycles. The summed E-state index contributed by atoms with van der Waals surface area (Å²) in [5.74, 6) is -0.292. The molecule has 1 heterocycles. The van der Waals surface area contributed by atoms with Gasteiger partial charge in [-0.3, -0.25) is 4.79 Å². The van der Waals surface area contributed by atoms with Gasteiger partial charge in [-0.05, 0) is 38.1 Å². The molecule has 1 aromatic heterocycles. The fourth-order valence-corrected chi connectivity index (χ4v) is 2.43. The third kappa shape index (κ3) is 5.04. The van der Waals surface area contributed by atoms with Crippen LogP contribution in [-0.4, -0.2) is 23.0 Å². The summed E-state index contributed by atoms with van der Waals surface area (Å²) in [6.45, 7) is 4.08. The van der Waals surface area contributed by atoms with Crippen molar-refractivity contribution in [2.45, 2.75) is 26.4 Å². The molecule has 0 fully saturated rings. The smallest absolute Gasteiger partial charge is 0.319 e.